The molecule has 9 heteroatoms. The van der Waals surface area contributed by atoms with Gasteiger partial charge in [-0.05, 0) is 36.3 Å². The van der Waals surface area contributed by atoms with E-state index in [4.69, 9.17) is 18.9 Å². The summed E-state index contributed by atoms with van der Waals surface area (Å²) in [5, 5.41) is 0. The topological polar surface area (TPSA) is 88.4 Å². The molecule has 3 aromatic rings. The fraction of sp³-hybridized carbons (Fsp3) is 0.222. The van der Waals surface area contributed by atoms with E-state index in [1.165, 1.54) is 38.7 Å². The van der Waals surface area contributed by atoms with Gasteiger partial charge in [0.25, 0.3) is 5.56 Å². The fourth-order valence-corrected chi connectivity index (χ4v) is 5.13. The molecule has 0 N–H and O–H groups in total. The number of esters is 1. The molecule has 0 saturated carbocycles. The Hall–Kier alpha value is -4.11. The van der Waals surface area contributed by atoms with Gasteiger partial charge in [0.2, 0.25) is 5.75 Å². The molecular formula is C27H26N2O6S. The molecule has 0 bridgehead atoms. The fourth-order valence-electron chi connectivity index (χ4n) is 4.08. The van der Waals surface area contributed by atoms with Gasteiger partial charge >= 0.3 is 5.97 Å². The molecule has 2 aromatic carbocycles. The van der Waals surface area contributed by atoms with Crippen LogP contribution in [0.15, 0.2) is 76.2 Å². The van der Waals surface area contributed by atoms with Crippen molar-refractivity contribution in [1.82, 2.24) is 4.57 Å². The predicted octanol–water partition coefficient (Wildman–Crippen LogP) is 2.99. The summed E-state index contributed by atoms with van der Waals surface area (Å²) < 4.78 is 23.6. The number of rotatable bonds is 8. The Bertz CT molecular complexity index is 1490. The molecule has 1 aromatic heterocycles. The second-order valence-corrected chi connectivity index (χ2v) is 8.85. The molecule has 1 atom stereocenters. The SMILES string of the molecule is C=CCOC(=O)C1=C(C)N=c2sc(=Cc3cc(OC)c(OC)c(OC)c3)c(=O)n2C1c1ccccc1. The van der Waals surface area contributed by atoms with E-state index in [0.29, 0.717) is 43.4 Å². The monoisotopic (exact) mass is 506 g/mol. The maximum absolute atomic E-state index is 13.7. The van der Waals surface area contributed by atoms with Crippen molar-refractivity contribution >= 4 is 23.4 Å². The number of ether oxygens (including phenoxy) is 4. The van der Waals surface area contributed by atoms with E-state index in [2.05, 4.69) is 11.6 Å². The standard InChI is InChI=1S/C27H26N2O6S/c1-6-12-35-26(31)22-16(2)28-27-29(23(22)18-10-8-7-9-11-18)25(30)21(36-27)15-17-13-19(32-3)24(34-5)20(14-17)33-4/h6-11,13-15,23H,1,12H2,2-5H3. The summed E-state index contributed by atoms with van der Waals surface area (Å²) in [7, 11) is 4.59. The number of thiazole rings is 1. The molecule has 0 spiro atoms. The zero-order chi connectivity index (χ0) is 25.8. The van der Waals surface area contributed by atoms with Crippen LogP contribution in [0.4, 0.5) is 0 Å². The van der Waals surface area contributed by atoms with Crippen LogP contribution in [0.5, 0.6) is 17.2 Å². The number of nitrogens with zero attached hydrogens (tertiary/aromatic N) is 2. The first-order chi connectivity index (χ1) is 17.4. The zero-order valence-electron chi connectivity index (χ0n) is 20.4. The van der Waals surface area contributed by atoms with E-state index in [-0.39, 0.29) is 12.2 Å². The van der Waals surface area contributed by atoms with Crippen molar-refractivity contribution in [1.29, 1.82) is 0 Å². The first-order valence-corrected chi connectivity index (χ1v) is 11.9. The summed E-state index contributed by atoms with van der Waals surface area (Å²) in [6.07, 6.45) is 3.24. The highest BCUT2D eigenvalue weighted by Crippen LogP contribution is 2.38. The van der Waals surface area contributed by atoms with E-state index in [1.54, 1.807) is 29.7 Å². The van der Waals surface area contributed by atoms with E-state index < -0.39 is 12.0 Å². The molecule has 0 radical (unpaired) electrons. The smallest absolute Gasteiger partial charge is 0.338 e. The van der Waals surface area contributed by atoms with Crippen molar-refractivity contribution in [3.05, 3.63) is 97.2 Å². The van der Waals surface area contributed by atoms with Crippen LogP contribution in [0.3, 0.4) is 0 Å². The maximum Gasteiger partial charge on any atom is 0.338 e. The third kappa shape index (κ3) is 4.57. The number of hydrogen-bond acceptors (Lipinski definition) is 8. The Morgan fingerprint density at radius 1 is 1.11 bits per heavy atom. The van der Waals surface area contributed by atoms with Gasteiger partial charge in [0.1, 0.15) is 6.61 Å². The molecule has 0 amide bonds. The van der Waals surface area contributed by atoms with Crippen molar-refractivity contribution in [2.75, 3.05) is 27.9 Å². The first kappa shape index (κ1) is 25.0. The Labute approximate surface area is 212 Å². The van der Waals surface area contributed by atoms with Gasteiger partial charge in [0.15, 0.2) is 16.3 Å². The molecule has 1 unspecified atom stereocenters. The number of allylic oxidation sites excluding steroid dienone is 1. The number of carbonyl (C=O) groups excluding carboxylic acids is 1. The van der Waals surface area contributed by atoms with Crippen LogP contribution < -0.4 is 29.1 Å². The second-order valence-electron chi connectivity index (χ2n) is 7.84. The molecular weight excluding hydrogens is 480 g/mol. The maximum atomic E-state index is 13.7. The predicted molar refractivity (Wildman–Crippen MR) is 137 cm³/mol. The summed E-state index contributed by atoms with van der Waals surface area (Å²) in [6.45, 7) is 5.41. The minimum Gasteiger partial charge on any atom is -0.493 e. The normalized spacial score (nSPS) is 15.1. The molecule has 1 aliphatic rings. The number of benzene rings is 2. The van der Waals surface area contributed by atoms with Crippen LogP contribution in [0.2, 0.25) is 0 Å². The Balaban J connectivity index is 1.92. The molecule has 1 aliphatic heterocycles. The second kappa shape index (κ2) is 10.7. The van der Waals surface area contributed by atoms with Gasteiger partial charge in [0, 0.05) is 0 Å². The molecule has 186 valence electrons. The lowest BCUT2D eigenvalue weighted by molar-refractivity contribution is -0.138. The highest BCUT2D eigenvalue weighted by Gasteiger charge is 2.33. The van der Waals surface area contributed by atoms with Crippen molar-refractivity contribution in [2.24, 2.45) is 4.99 Å². The Morgan fingerprint density at radius 2 is 1.78 bits per heavy atom. The highest BCUT2D eigenvalue weighted by atomic mass is 32.1. The van der Waals surface area contributed by atoms with Crippen LogP contribution in [-0.4, -0.2) is 38.5 Å². The van der Waals surface area contributed by atoms with Crippen LogP contribution >= 0.6 is 11.3 Å². The summed E-state index contributed by atoms with van der Waals surface area (Å²) in [4.78, 5) is 31.8. The van der Waals surface area contributed by atoms with Crippen molar-refractivity contribution in [3.63, 3.8) is 0 Å². The first-order valence-electron chi connectivity index (χ1n) is 11.1. The lowest BCUT2D eigenvalue weighted by atomic mass is 9.96. The van der Waals surface area contributed by atoms with E-state index in [0.717, 1.165) is 5.56 Å². The van der Waals surface area contributed by atoms with Crippen molar-refractivity contribution in [2.45, 2.75) is 13.0 Å². The number of aromatic nitrogens is 1. The Morgan fingerprint density at radius 3 is 2.36 bits per heavy atom. The lowest BCUT2D eigenvalue weighted by Crippen LogP contribution is -2.39. The van der Waals surface area contributed by atoms with Gasteiger partial charge < -0.3 is 18.9 Å². The van der Waals surface area contributed by atoms with E-state index >= 15 is 0 Å². The molecule has 4 rings (SSSR count). The third-order valence-electron chi connectivity index (χ3n) is 5.67. The largest absolute Gasteiger partial charge is 0.493 e. The summed E-state index contributed by atoms with van der Waals surface area (Å²) >= 11 is 1.24. The van der Waals surface area contributed by atoms with Crippen LogP contribution in [0.1, 0.15) is 24.1 Å². The summed E-state index contributed by atoms with van der Waals surface area (Å²) in [5.74, 6) is 0.868. The molecule has 0 fully saturated rings. The van der Waals surface area contributed by atoms with Crippen LogP contribution in [0, 0.1) is 0 Å². The van der Waals surface area contributed by atoms with E-state index in [9.17, 15) is 9.59 Å². The van der Waals surface area contributed by atoms with E-state index in [1.807, 2.05) is 30.3 Å². The van der Waals surface area contributed by atoms with Gasteiger partial charge in [-0.25, -0.2) is 9.79 Å². The third-order valence-corrected chi connectivity index (χ3v) is 6.66. The number of methoxy groups -OCH3 is 3. The van der Waals surface area contributed by atoms with Crippen LogP contribution in [-0.2, 0) is 9.53 Å². The molecule has 36 heavy (non-hydrogen) atoms. The molecule has 2 heterocycles. The number of carbonyl (C=O) groups is 1. The minimum absolute atomic E-state index is 0.0582. The molecule has 8 nitrogen and oxygen atoms in total. The summed E-state index contributed by atoms with van der Waals surface area (Å²) in [6, 6.07) is 12.2. The lowest BCUT2D eigenvalue weighted by Gasteiger charge is -2.24. The quantitative estimate of drug-likeness (QED) is 0.345. The van der Waals surface area contributed by atoms with Crippen molar-refractivity contribution < 1.29 is 23.7 Å². The molecule has 0 aliphatic carbocycles. The highest BCUT2D eigenvalue weighted by molar-refractivity contribution is 7.07. The van der Waals surface area contributed by atoms with Gasteiger partial charge in [-0.2, -0.15) is 0 Å². The van der Waals surface area contributed by atoms with Crippen molar-refractivity contribution in [3.8, 4) is 17.2 Å². The van der Waals surface area contributed by atoms with Gasteiger partial charge in [0.05, 0.1) is 43.2 Å². The number of hydrogen-bond donors (Lipinski definition) is 0. The van der Waals surface area contributed by atoms with Gasteiger partial charge in [-0.3, -0.25) is 9.36 Å². The number of fused-ring (bicyclic) bond motifs is 1. The minimum atomic E-state index is -0.679. The molecule has 0 saturated heterocycles. The summed E-state index contributed by atoms with van der Waals surface area (Å²) in [5.41, 5.74) is 2.00. The Kier molecular flexibility index (Phi) is 7.40. The van der Waals surface area contributed by atoms with Crippen LogP contribution in [0.25, 0.3) is 6.08 Å². The van der Waals surface area contributed by atoms with Gasteiger partial charge in [-0.15, -0.1) is 0 Å². The average Bonchev–Trinajstić information content (AvgIpc) is 3.20. The zero-order valence-corrected chi connectivity index (χ0v) is 21.3. The van der Waals surface area contributed by atoms with Gasteiger partial charge in [-0.1, -0.05) is 54.3 Å². The average molecular weight is 507 g/mol.